The Labute approximate surface area is 221 Å². The van der Waals surface area contributed by atoms with Gasteiger partial charge in [-0.25, -0.2) is 4.79 Å². The third-order valence-electron chi connectivity index (χ3n) is 6.17. The molecule has 7 N–H and O–H groups in total. The lowest BCUT2D eigenvalue weighted by molar-refractivity contribution is -0.142. The van der Waals surface area contributed by atoms with Crippen molar-refractivity contribution in [1.82, 2.24) is 20.9 Å². The summed E-state index contributed by atoms with van der Waals surface area (Å²) >= 11 is 0. The summed E-state index contributed by atoms with van der Waals surface area (Å²) < 4.78 is 0. The van der Waals surface area contributed by atoms with E-state index in [-0.39, 0.29) is 31.7 Å². The minimum atomic E-state index is -1.20. The number of rotatable bonds is 13. The maximum Gasteiger partial charge on any atom is 0.326 e. The number of amides is 3. The van der Waals surface area contributed by atoms with Gasteiger partial charge in [0.25, 0.3) is 0 Å². The zero-order valence-electron chi connectivity index (χ0n) is 21.6. The highest BCUT2D eigenvalue weighted by Crippen LogP contribution is 2.19. The fourth-order valence-electron chi connectivity index (χ4n) is 4.28. The maximum absolute atomic E-state index is 13.3. The molecule has 0 saturated heterocycles. The van der Waals surface area contributed by atoms with E-state index in [0.717, 1.165) is 22.0 Å². The molecule has 3 amide bonds. The number of aromatic amines is 1. The molecule has 0 fully saturated rings. The van der Waals surface area contributed by atoms with Crippen molar-refractivity contribution < 1.29 is 24.3 Å². The molecule has 3 aromatic rings. The first kappa shape index (κ1) is 28.4. The van der Waals surface area contributed by atoms with Gasteiger partial charge >= 0.3 is 5.97 Å². The van der Waals surface area contributed by atoms with Gasteiger partial charge in [-0.05, 0) is 29.5 Å². The number of carboxylic acid groups (broad SMARTS) is 1. The Balaban J connectivity index is 1.75. The van der Waals surface area contributed by atoms with Gasteiger partial charge in [0.15, 0.2) is 0 Å². The lowest BCUT2D eigenvalue weighted by atomic mass is 10.00. The second kappa shape index (κ2) is 13.4. The van der Waals surface area contributed by atoms with Gasteiger partial charge < -0.3 is 31.8 Å². The minimum absolute atomic E-state index is 0.0224. The van der Waals surface area contributed by atoms with Gasteiger partial charge in [-0.1, -0.05) is 62.4 Å². The van der Waals surface area contributed by atoms with Crippen LogP contribution in [0.1, 0.15) is 31.4 Å². The molecule has 3 rings (SSSR count). The molecule has 2 aromatic carbocycles. The first-order valence-electron chi connectivity index (χ1n) is 12.6. The third-order valence-corrected chi connectivity index (χ3v) is 6.17. The van der Waals surface area contributed by atoms with E-state index >= 15 is 0 Å². The Morgan fingerprint density at radius 2 is 1.47 bits per heavy atom. The molecule has 0 saturated carbocycles. The van der Waals surface area contributed by atoms with Crippen molar-refractivity contribution in [3.05, 3.63) is 71.9 Å². The van der Waals surface area contributed by atoms with Crippen LogP contribution < -0.4 is 21.7 Å². The number of benzene rings is 2. The van der Waals surface area contributed by atoms with Crippen LogP contribution in [0.3, 0.4) is 0 Å². The van der Waals surface area contributed by atoms with Gasteiger partial charge in [0, 0.05) is 29.9 Å². The second-order valence-electron chi connectivity index (χ2n) is 9.67. The van der Waals surface area contributed by atoms with Crippen molar-refractivity contribution in [2.24, 2.45) is 11.7 Å². The number of hydrogen-bond donors (Lipinski definition) is 6. The molecule has 1 heterocycles. The molecule has 10 heteroatoms. The molecule has 10 nitrogen and oxygen atoms in total. The van der Waals surface area contributed by atoms with Crippen LogP contribution in [-0.2, 0) is 32.0 Å². The Kier molecular flexibility index (Phi) is 10.0. The largest absolute Gasteiger partial charge is 0.480 e. The van der Waals surface area contributed by atoms with Gasteiger partial charge in [-0.2, -0.15) is 0 Å². The summed E-state index contributed by atoms with van der Waals surface area (Å²) in [4.78, 5) is 53.7. The van der Waals surface area contributed by atoms with E-state index in [4.69, 9.17) is 5.73 Å². The van der Waals surface area contributed by atoms with Gasteiger partial charge in [-0.15, -0.1) is 0 Å². The molecule has 38 heavy (non-hydrogen) atoms. The first-order chi connectivity index (χ1) is 18.2. The molecule has 0 aliphatic carbocycles. The molecular formula is C28H35N5O5. The van der Waals surface area contributed by atoms with Crippen LogP contribution in [0.5, 0.6) is 0 Å². The van der Waals surface area contributed by atoms with E-state index in [1.165, 1.54) is 0 Å². The summed E-state index contributed by atoms with van der Waals surface area (Å²) in [5, 5.41) is 18.7. The quantitative estimate of drug-likeness (QED) is 0.199. The van der Waals surface area contributed by atoms with Crippen molar-refractivity contribution in [2.75, 3.05) is 6.54 Å². The number of fused-ring (bicyclic) bond motifs is 1. The van der Waals surface area contributed by atoms with Crippen LogP contribution in [0, 0.1) is 5.92 Å². The number of aliphatic carboxylic acids is 1. The first-order valence-corrected chi connectivity index (χ1v) is 12.6. The summed E-state index contributed by atoms with van der Waals surface area (Å²) in [6, 6.07) is 13.5. The molecule has 0 radical (unpaired) electrons. The molecule has 0 bridgehead atoms. The molecule has 1 aromatic heterocycles. The van der Waals surface area contributed by atoms with Crippen LogP contribution >= 0.6 is 0 Å². The number of hydrogen-bond acceptors (Lipinski definition) is 5. The Morgan fingerprint density at radius 3 is 2.13 bits per heavy atom. The number of carboxylic acids is 1. The third kappa shape index (κ3) is 7.91. The fourth-order valence-corrected chi connectivity index (χ4v) is 4.28. The SMILES string of the molecule is CC(C)CC(NC(=O)C(Cc1ccccc1)NC(=O)CN)C(=O)NC(Cc1c[nH]c2ccccc12)C(=O)O. The van der Waals surface area contributed by atoms with Crippen LogP contribution in [0.4, 0.5) is 0 Å². The van der Waals surface area contributed by atoms with E-state index < -0.39 is 41.8 Å². The number of carbonyl (C=O) groups excluding carboxylic acids is 3. The summed E-state index contributed by atoms with van der Waals surface area (Å²) in [7, 11) is 0. The van der Waals surface area contributed by atoms with Crippen LogP contribution in [0.25, 0.3) is 10.9 Å². The molecule has 0 aliphatic rings. The molecule has 3 unspecified atom stereocenters. The molecule has 0 aliphatic heterocycles. The normalized spacial score (nSPS) is 13.5. The predicted octanol–water partition coefficient (Wildman–Crippen LogP) is 1.50. The molecular weight excluding hydrogens is 486 g/mol. The van der Waals surface area contributed by atoms with Crippen LogP contribution in [0.15, 0.2) is 60.8 Å². The van der Waals surface area contributed by atoms with Crippen molar-refractivity contribution in [2.45, 2.75) is 51.2 Å². The predicted molar refractivity (Wildman–Crippen MR) is 144 cm³/mol. The monoisotopic (exact) mass is 521 g/mol. The van der Waals surface area contributed by atoms with E-state index in [2.05, 4.69) is 20.9 Å². The Bertz CT molecular complexity index is 1260. The smallest absolute Gasteiger partial charge is 0.326 e. The van der Waals surface area contributed by atoms with Gasteiger partial charge in [0.1, 0.15) is 18.1 Å². The Morgan fingerprint density at radius 1 is 0.842 bits per heavy atom. The number of aromatic nitrogens is 1. The molecule has 202 valence electrons. The fraction of sp³-hybridized carbons (Fsp3) is 0.357. The lowest BCUT2D eigenvalue weighted by Gasteiger charge is -2.25. The van der Waals surface area contributed by atoms with Crippen molar-refractivity contribution in [3.8, 4) is 0 Å². The number of H-pyrrole nitrogens is 1. The van der Waals surface area contributed by atoms with Gasteiger partial charge in [-0.3, -0.25) is 14.4 Å². The maximum atomic E-state index is 13.3. The summed E-state index contributed by atoms with van der Waals surface area (Å²) in [6.45, 7) is 3.50. The highest BCUT2D eigenvalue weighted by molar-refractivity contribution is 5.94. The van der Waals surface area contributed by atoms with Crippen molar-refractivity contribution in [1.29, 1.82) is 0 Å². The average molecular weight is 522 g/mol. The highest BCUT2D eigenvalue weighted by Gasteiger charge is 2.30. The van der Waals surface area contributed by atoms with Crippen molar-refractivity contribution in [3.63, 3.8) is 0 Å². The van der Waals surface area contributed by atoms with E-state index in [9.17, 15) is 24.3 Å². The minimum Gasteiger partial charge on any atom is -0.480 e. The van der Waals surface area contributed by atoms with Crippen LogP contribution in [-0.4, -0.2) is 58.5 Å². The number of para-hydroxylation sites is 1. The zero-order chi connectivity index (χ0) is 27.7. The van der Waals surface area contributed by atoms with Crippen molar-refractivity contribution >= 4 is 34.6 Å². The van der Waals surface area contributed by atoms with E-state index in [1.54, 1.807) is 6.20 Å². The van der Waals surface area contributed by atoms with Crippen LogP contribution in [0.2, 0.25) is 0 Å². The topological polar surface area (TPSA) is 166 Å². The molecule has 0 spiro atoms. The summed E-state index contributed by atoms with van der Waals surface area (Å²) in [5.74, 6) is -2.83. The summed E-state index contributed by atoms with van der Waals surface area (Å²) in [6.07, 6.45) is 2.28. The van der Waals surface area contributed by atoms with Gasteiger partial charge in [0.05, 0.1) is 6.54 Å². The average Bonchev–Trinajstić information content (AvgIpc) is 3.30. The number of nitrogens with two attached hydrogens (primary N) is 1. The highest BCUT2D eigenvalue weighted by atomic mass is 16.4. The van der Waals surface area contributed by atoms with E-state index in [0.29, 0.717) is 0 Å². The standard InChI is InChI=1S/C28H35N5O5/c1-17(2)12-22(32-27(36)23(31-25(34)15-29)13-18-8-4-3-5-9-18)26(35)33-24(28(37)38)14-19-16-30-21-11-7-6-10-20(19)21/h3-11,16-17,22-24,30H,12-15,29H2,1-2H3,(H,31,34)(H,32,36)(H,33,35)(H,37,38). The zero-order valence-corrected chi connectivity index (χ0v) is 21.6. The lowest BCUT2D eigenvalue weighted by Crippen LogP contribution is -2.57. The van der Waals surface area contributed by atoms with E-state index in [1.807, 2.05) is 68.4 Å². The van der Waals surface area contributed by atoms with Gasteiger partial charge in [0.2, 0.25) is 17.7 Å². The molecule has 3 atom stereocenters. The summed E-state index contributed by atoms with van der Waals surface area (Å²) in [5.41, 5.74) is 7.88. The number of nitrogens with one attached hydrogen (secondary N) is 4. The second-order valence-corrected chi connectivity index (χ2v) is 9.67. The Hall–Kier alpha value is -4.18. The number of carbonyl (C=O) groups is 4.